The van der Waals surface area contributed by atoms with Crippen LogP contribution in [0.3, 0.4) is 0 Å². The lowest BCUT2D eigenvalue weighted by atomic mass is 10.1. The first kappa shape index (κ1) is 21.2. The standard InChI is InChI=1S/C20H25F3N4O2/c1-13(2)18-24-6-7-27(18)14(3)19(28)25-15-4-5-17(16(12-15)20(21,22)23)26-8-10-29-11-9-26/h4-7,12-14H,8-11H2,1-3H3,(H,25,28)/t14-/m0/s1. The summed E-state index contributed by atoms with van der Waals surface area (Å²) >= 11 is 0. The molecule has 0 saturated carbocycles. The first-order valence-corrected chi connectivity index (χ1v) is 9.56. The predicted octanol–water partition coefficient (Wildman–Crippen LogP) is 4.06. The number of halogens is 3. The van der Waals surface area contributed by atoms with Gasteiger partial charge in [0.05, 0.1) is 18.8 Å². The van der Waals surface area contributed by atoms with E-state index in [-0.39, 0.29) is 17.3 Å². The topological polar surface area (TPSA) is 59.4 Å². The highest BCUT2D eigenvalue weighted by atomic mass is 19.4. The molecule has 1 aromatic carbocycles. The van der Waals surface area contributed by atoms with Gasteiger partial charge in [-0.05, 0) is 25.1 Å². The second-order valence-electron chi connectivity index (χ2n) is 7.34. The molecule has 1 N–H and O–H groups in total. The molecule has 0 aliphatic carbocycles. The molecule has 0 bridgehead atoms. The maximum Gasteiger partial charge on any atom is 0.418 e. The lowest BCUT2D eigenvalue weighted by Gasteiger charge is -2.31. The SMILES string of the molecule is CC(C)c1nccn1[C@@H](C)C(=O)Nc1ccc(N2CCOCC2)c(C(F)(F)F)c1. The average Bonchev–Trinajstić information content (AvgIpc) is 3.17. The van der Waals surface area contributed by atoms with Crippen LogP contribution < -0.4 is 10.2 Å². The van der Waals surface area contributed by atoms with E-state index in [1.807, 2.05) is 13.8 Å². The van der Waals surface area contributed by atoms with Crippen molar-refractivity contribution in [1.29, 1.82) is 0 Å². The number of nitrogens with one attached hydrogen (secondary N) is 1. The van der Waals surface area contributed by atoms with Crippen molar-refractivity contribution in [2.24, 2.45) is 0 Å². The fourth-order valence-corrected chi connectivity index (χ4v) is 3.39. The van der Waals surface area contributed by atoms with E-state index in [9.17, 15) is 18.0 Å². The van der Waals surface area contributed by atoms with Gasteiger partial charge in [-0.3, -0.25) is 4.79 Å². The van der Waals surface area contributed by atoms with Crippen molar-refractivity contribution in [1.82, 2.24) is 9.55 Å². The third-order valence-electron chi connectivity index (χ3n) is 4.93. The van der Waals surface area contributed by atoms with Crippen LogP contribution in [0.25, 0.3) is 0 Å². The summed E-state index contributed by atoms with van der Waals surface area (Å²) in [7, 11) is 0. The average molecular weight is 410 g/mol. The quantitative estimate of drug-likeness (QED) is 0.808. The minimum atomic E-state index is -4.53. The molecule has 1 atom stereocenters. The first-order chi connectivity index (χ1) is 13.7. The zero-order chi connectivity index (χ0) is 21.2. The van der Waals surface area contributed by atoms with Gasteiger partial charge in [0.15, 0.2) is 0 Å². The lowest BCUT2D eigenvalue weighted by Crippen LogP contribution is -2.37. The zero-order valence-electron chi connectivity index (χ0n) is 16.7. The van der Waals surface area contributed by atoms with E-state index in [1.165, 1.54) is 12.1 Å². The molecule has 1 aromatic heterocycles. The largest absolute Gasteiger partial charge is 0.418 e. The number of carbonyl (C=O) groups is 1. The molecule has 1 aliphatic heterocycles. The summed E-state index contributed by atoms with van der Waals surface area (Å²) in [5.41, 5.74) is -0.559. The minimum absolute atomic E-state index is 0.101. The van der Waals surface area contributed by atoms with Crippen LogP contribution in [0.2, 0.25) is 0 Å². The molecular formula is C20H25F3N4O2. The molecule has 3 rings (SSSR count). The molecule has 1 fully saturated rings. The van der Waals surface area contributed by atoms with Crippen molar-refractivity contribution < 1.29 is 22.7 Å². The third kappa shape index (κ3) is 4.72. The van der Waals surface area contributed by atoms with Gasteiger partial charge in [0, 0.05) is 42.8 Å². The molecule has 0 unspecified atom stereocenters. The molecule has 2 aromatic rings. The fraction of sp³-hybridized carbons (Fsp3) is 0.500. The predicted molar refractivity (Wildman–Crippen MR) is 104 cm³/mol. The van der Waals surface area contributed by atoms with E-state index in [1.54, 1.807) is 28.8 Å². The minimum Gasteiger partial charge on any atom is -0.378 e. The highest BCUT2D eigenvalue weighted by Crippen LogP contribution is 2.38. The molecule has 158 valence electrons. The van der Waals surface area contributed by atoms with Gasteiger partial charge < -0.3 is 19.5 Å². The molecule has 9 heteroatoms. The fourth-order valence-electron chi connectivity index (χ4n) is 3.39. The van der Waals surface area contributed by atoms with Crippen molar-refractivity contribution in [2.45, 2.75) is 38.9 Å². The molecule has 2 heterocycles. The second kappa shape index (κ2) is 8.44. The van der Waals surface area contributed by atoms with Crippen LogP contribution in [0.1, 0.15) is 44.1 Å². The highest BCUT2D eigenvalue weighted by molar-refractivity contribution is 5.94. The van der Waals surface area contributed by atoms with E-state index in [4.69, 9.17) is 4.74 Å². The normalized spacial score (nSPS) is 16.2. The van der Waals surface area contributed by atoms with Crippen molar-refractivity contribution in [2.75, 3.05) is 36.5 Å². The molecule has 1 saturated heterocycles. The number of hydrogen-bond donors (Lipinski definition) is 1. The Morgan fingerprint density at radius 2 is 1.90 bits per heavy atom. The van der Waals surface area contributed by atoms with E-state index in [2.05, 4.69) is 10.3 Å². The van der Waals surface area contributed by atoms with Gasteiger partial charge >= 0.3 is 6.18 Å². The van der Waals surface area contributed by atoms with Gasteiger partial charge in [0.1, 0.15) is 11.9 Å². The maximum atomic E-state index is 13.7. The number of aromatic nitrogens is 2. The van der Waals surface area contributed by atoms with Gasteiger partial charge in [-0.15, -0.1) is 0 Å². The maximum absolute atomic E-state index is 13.7. The van der Waals surface area contributed by atoms with Gasteiger partial charge in [-0.25, -0.2) is 4.98 Å². The summed E-state index contributed by atoms with van der Waals surface area (Å²) in [6.07, 6.45) is -1.23. The number of nitrogens with zero attached hydrogens (tertiary/aromatic N) is 3. The Labute approximate surface area is 167 Å². The Hall–Kier alpha value is -2.55. The van der Waals surface area contributed by atoms with Crippen LogP contribution in [0.4, 0.5) is 24.5 Å². The van der Waals surface area contributed by atoms with E-state index >= 15 is 0 Å². The van der Waals surface area contributed by atoms with Crippen LogP contribution in [0, 0.1) is 0 Å². The molecule has 29 heavy (non-hydrogen) atoms. The molecule has 1 amide bonds. The van der Waals surface area contributed by atoms with Crippen molar-refractivity contribution in [3.05, 3.63) is 42.0 Å². The summed E-state index contributed by atoms with van der Waals surface area (Å²) in [5.74, 6) is 0.452. The molecule has 1 aliphatic rings. The van der Waals surface area contributed by atoms with E-state index in [0.29, 0.717) is 26.3 Å². The van der Waals surface area contributed by atoms with Crippen molar-refractivity contribution in [3.8, 4) is 0 Å². The Kier molecular flexibility index (Phi) is 6.16. The number of carbonyl (C=O) groups excluding carboxylic acids is 1. The number of hydrogen-bond acceptors (Lipinski definition) is 4. The van der Waals surface area contributed by atoms with Gasteiger partial charge in [0.2, 0.25) is 5.91 Å². The van der Waals surface area contributed by atoms with Gasteiger partial charge in [-0.1, -0.05) is 13.8 Å². The smallest absolute Gasteiger partial charge is 0.378 e. The van der Waals surface area contributed by atoms with Crippen LogP contribution in [0.5, 0.6) is 0 Å². The Bertz CT molecular complexity index is 858. The summed E-state index contributed by atoms with van der Waals surface area (Å²) in [4.78, 5) is 18.6. The first-order valence-electron chi connectivity index (χ1n) is 9.56. The van der Waals surface area contributed by atoms with Gasteiger partial charge in [0.25, 0.3) is 0 Å². The number of morpholine rings is 1. The van der Waals surface area contributed by atoms with Crippen LogP contribution in [-0.4, -0.2) is 41.8 Å². The Balaban J connectivity index is 1.83. The number of ether oxygens (including phenoxy) is 1. The zero-order valence-corrected chi connectivity index (χ0v) is 16.7. The second-order valence-corrected chi connectivity index (χ2v) is 7.34. The summed E-state index contributed by atoms with van der Waals surface area (Å²) in [6.45, 7) is 7.17. The molecule has 0 radical (unpaired) electrons. The lowest BCUT2D eigenvalue weighted by molar-refractivity contribution is -0.137. The van der Waals surface area contributed by atoms with Crippen LogP contribution in [-0.2, 0) is 15.7 Å². The number of amides is 1. The van der Waals surface area contributed by atoms with Crippen LogP contribution >= 0.6 is 0 Å². The summed E-state index contributed by atoms with van der Waals surface area (Å²) < 4.78 is 47.9. The number of rotatable bonds is 5. The molecule has 6 nitrogen and oxygen atoms in total. The number of imidazole rings is 1. The molecular weight excluding hydrogens is 385 g/mol. The van der Waals surface area contributed by atoms with Crippen molar-refractivity contribution >= 4 is 17.3 Å². The summed E-state index contributed by atoms with van der Waals surface area (Å²) in [6, 6.07) is 3.29. The van der Waals surface area contributed by atoms with Gasteiger partial charge in [-0.2, -0.15) is 13.2 Å². The molecule has 0 spiro atoms. The van der Waals surface area contributed by atoms with Crippen molar-refractivity contribution in [3.63, 3.8) is 0 Å². The Morgan fingerprint density at radius 1 is 1.21 bits per heavy atom. The van der Waals surface area contributed by atoms with E-state index < -0.39 is 23.7 Å². The Morgan fingerprint density at radius 3 is 2.52 bits per heavy atom. The van der Waals surface area contributed by atoms with Crippen LogP contribution in [0.15, 0.2) is 30.6 Å². The number of anilines is 2. The monoisotopic (exact) mass is 410 g/mol. The number of alkyl halides is 3. The number of benzene rings is 1. The highest BCUT2D eigenvalue weighted by Gasteiger charge is 2.36. The van der Waals surface area contributed by atoms with E-state index in [0.717, 1.165) is 11.9 Å². The third-order valence-corrected chi connectivity index (χ3v) is 4.93. The summed E-state index contributed by atoms with van der Waals surface area (Å²) in [5, 5.41) is 2.61.